The number of carbonyl (C=O) groups is 1. The molecule has 1 aliphatic rings. The Bertz CT molecular complexity index is 585. The standard InChI is InChI=1S/C12H15ClN2O3S/c1-9-12(16)14(2)7-8-15(9)19(17,18)11-5-3-10(13)4-6-11/h3-6,9H,7-8H2,1-2H3. The molecule has 19 heavy (non-hydrogen) atoms. The molecule has 0 saturated carbocycles. The third-order valence-electron chi connectivity index (χ3n) is 3.24. The molecule has 1 amide bonds. The highest BCUT2D eigenvalue weighted by Crippen LogP contribution is 2.22. The fourth-order valence-electron chi connectivity index (χ4n) is 2.06. The van der Waals surface area contributed by atoms with Crippen LogP contribution in [0.3, 0.4) is 0 Å². The second kappa shape index (κ2) is 5.11. The van der Waals surface area contributed by atoms with Crippen LogP contribution >= 0.6 is 11.6 Å². The molecule has 1 aliphatic heterocycles. The molecule has 104 valence electrons. The van der Waals surface area contributed by atoms with Crippen molar-refractivity contribution in [3.05, 3.63) is 29.3 Å². The molecule has 5 nitrogen and oxygen atoms in total. The van der Waals surface area contributed by atoms with Gasteiger partial charge in [0.15, 0.2) is 0 Å². The molecule has 7 heteroatoms. The van der Waals surface area contributed by atoms with Crippen molar-refractivity contribution in [2.45, 2.75) is 17.9 Å². The molecule has 1 aromatic carbocycles. The Morgan fingerprint density at radius 3 is 2.37 bits per heavy atom. The number of benzene rings is 1. The lowest BCUT2D eigenvalue weighted by Crippen LogP contribution is -2.56. The van der Waals surface area contributed by atoms with Crippen molar-refractivity contribution in [2.75, 3.05) is 20.1 Å². The van der Waals surface area contributed by atoms with Crippen molar-refractivity contribution in [1.82, 2.24) is 9.21 Å². The van der Waals surface area contributed by atoms with Crippen LogP contribution < -0.4 is 0 Å². The number of nitrogens with zero attached hydrogens (tertiary/aromatic N) is 2. The first kappa shape index (κ1) is 14.3. The summed E-state index contributed by atoms with van der Waals surface area (Å²) in [6.07, 6.45) is 0. The number of piperazine rings is 1. The first-order chi connectivity index (χ1) is 8.84. The van der Waals surface area contributed by atoms with Crippen LogP contribution in [-0.4, -0.2) is 49.7 Å². The lowest BCUT2D eigenvalue weighted by atomic mass is 10.2. The van der Waals surface area contributed by atoms with E-state index in [0.717, 1.165) is 0 Å². The van der Waals surface area contributed by atoms with Crippen molar-refractivity contribution in [1.29, 1.82) is 0 Å². The van der Waals surface area contributed by atoms with Gasteiger partial charge in [0.2, 0.25) is 15.9 Å². The van der Waals surface area contributed by atoms with Gasteiger partial charge in [-0.25, -0.2) is 8.42 Å². The summed E-state index contributed by atoms with van der Waals surface area (Å²) < 4.78 is 26.2. The van der Waals surface area contributed by atoms with E-state index in [0.29, 0.717) is 18.1 Å². The zero-order chi connectivity index (χ0) is 14.2. The lowest BCUT2D eigenvalue weighted by molar-refractivity contribution is -0.136. The Kier molecular flexibility index (Phi) is 3.85. The molecule has 1 heterocycles. The average molecular weight is 303 g/mol. The molecule has 0 spiro atoms. The maximum absolute atomic E-state index is 12.5. The quantitative estimate of drug-likeness (QED) is 0.824. The van der Waals surface area contributed by atoms with Crippen molar-refractivity contribution in [3.63, 3.8) is 0 Å². The third kappa shape index (κ3) is 2.61. The molecule has 0 bridgehead atoms. The van der Waals surface area contributed by atoms with Crippen molar-refractivity contribution in [2.24, 2.45) is 0 Å². The largest absolute Gasteiger partial charge is 0.343 e. The van der Waals surface area contributed by atoms with Crippen LogP contribution in [0.2, 0.25) is 5.02 Å². The Morgan fingerprint density at radius 2 is 1.79 bits per heavy atom. The van der Waals surface area contributed by atoms with E-state index in [9.17, 15) is 13.2 Å². The number of carbonyl (C=O) groups excluding carboxylic acids is 1. The predicted molar refractivity (Wildman–Crippen MR) is 72.4 cm³/mol. The third-order valence-corrected chi connectivity index (χ3v) is 5.48. The number of hydrogen-bond acceptors (Lipinski definition) is 3. The van der Waals surface area contributed by atoms with Crippen molar-refractivity contribution in [3.8, 4) is 0 Å². The number of rotatable bonds is 2. The number of halogens is 1. The van der Waals surface area contributed by atoms with E-state index in [1.54, 1.807) is 18.9 Å². The van der Waals surface area contributed by atoms with E-state index in [2.05, 4.69) is 0 Å². The van der Waals surface area contributed by atoms with Gasteiger partial charge in [-0.1, -0.05) is 11.6 Å². The second-order valence-electron chi connectivity index (χ2n) is 4.51. The van der Waals surface area contributed by atoms with Gasteiger partial charge < -0.3 is 4.90 Å². The molecule has 1 atom stereocenters. The number of sulfonamides is 1. The van der Waals surface area contributed by atoms with Gasteiger partial charge in [-0.2, -0.15) is 4.31 Å². The smallest absolute Gasteiger partial charge is 0.243 e. The van der Waals surface area contributed by atoms with Gasteiger partial charge in [0.05, 0.1) is 4.90 Å². The zero-order valence-electron chi connectivity index (χ0n) is 10.7. The summed E-state index contributed by atoms with van der Waals surface area (Å²) >= 11 is 5.75. The molecule has 1 saturated heterocycles. The molecule has 1 fully saturated rings. The summed E-state index contributed by atoms with van der Waals surface area (Å²) in [5.74, 6) is -0.191. The van der Waals surface area contributed by atoms with Gasteiger partial charge in [-0.15, -0.1) is 0 Å². The summed E-state index contributed by atoms with van der Waals surface area (Å²) in [5.41, 5.74) is 0. The maximum Gasteiger partial charge on any atom is 0.243 e. The van der Waals surface area contributed by atoms with Gasteiger partial charge in [-0.3, -0.25) is 4.79 Å². The minimum atomic E-state index is -3.66. The van der Waals surface area contributed by atoms with E-state index in [-0.39, 0.29) is 10.8 Å². The van der Waals surface area contributed by atoms with E-state index in [1.807, 2.05) is 0 Å². The summed E-state index contributed by atoms with van der Waals surface area (Å²) in [6.45, 7) is 2.30. The summed E-state index contributed by atoms with van der Waals surface area (Å²) in [4.78, 5) is 13.6. The van der Waals surface area contributed by atoms with Gasteiger partial charge >= 0.3 is 0 Å². The molecule has 0 aromatic heterocycles. The maximum atomic E-state index is 12.5. The highest BCUT2D eigenvalue weighted by atomic mass is 35.5. The molecule has 1 unspecified atom stereocenters. The monoisotopic (exact) mass is 302 g/mol. The highest BCUT2D eigenvalue weighted by Gasteiger charge is 2.37. The average Bonchev–Trinajstić information content (AvgIpc) is 2.36. The molecular formula is C12H15ClN2O3S. The molecule has 1 aromatic rings. The van der Waals surface area contributed by atoms with Crippen LogP contribution in [0.5, 0.6) is 0 Å². The molecule has 0 radical (unpaired) electrons. The first-order valence-electron chi connectivity index (χ1n) is 5.86. The second-order valence-corrected chi connectivity index (χ2v) is 6.83. The fourth-order valence-corrected chi connectivity index (χ4v) is 3.77. The molecule has 2 rings (SSSR count). The fraction of sp³-hybridized carbons (Fsp3) is 0.417. The summed E-state index contributed by atoms with van der Waals surface area (Å²) in [7, 11) is -1.99. The minimum Gasteiger partial charge on any atom is -0.343 e. The van der Waals surface area contributed by atoms with Gasteiger partial charge in [0, 0.05) is 25.2 Å². The Labute approximate surface area is 117 Å². The predicted octanol–water partition coefficient (Wildman–Crippen LogP) is 1.19. The Hall–Kier alpha value is -1.11. The van der Waals surface area contributed by atoms with E-state index in [1.165, 1.54) is 28.6 Å². The number of likely N-dealkylation sites (N-methyl/N-ethyl adjacent to an activating group) is 1. The number of hydrogen-bond donors (Lipinski definition) is 0. The molecule has 0 aliphatic carbocycles. The minimum absolute atomic E-state index is 0.154. The van der Waals surface area contributed by atoms with Gasteiger partial charge in [-0.05, 0) is 31.2 Å². The Morgan fingerprint density at radius 1 is 1.21 bits per heavy atom. The molecule has 0 N–H and O–H groups in total. The van der Waals surface area contributed by atoms with E-state index in [4.69, 9.17) is 11.6 Å². The normalized spacial score (nSPS) is 21.7. The van der Waals surface area contributed by atoms with Crippen LogP contribution in [0.15, 0.2) is 29.2 Å². The van der Waals surface area contributed by atoms with Gasteiger partial charge in [0.25, 0.3) is 0 Å². The zero-order valence-corrected chi connectivity index (χ0v) is 12.3. The molecular weight excluding hydrogens is 288 g/mol. The Balaban J connectivity index is 2.35. The first-order valence-corrected chi connectivity index (χ1v) is 7.68. The van der Waals surface area contributed by atoms with Crippen molar-refractivity contribution >= 4 is 27.5 Å². The van der Waals surface area contributed by atoms with Crippen LogP contribution in [-0.2, 0) is 14.8 Å². The van der Waals surface area contributed by atoms with Crippen LogP contribution in [0.4, 0.5) is 0 Å². The highest BCUT2D eigenvalue weighted by molar-refractivity contribution is 7.89. The van der Waals surface area contributed by atoms with Crippen LogP contribution in [0.25, 0.3) is 0 Å². The van der Waals surface area contributed by atoms with Gasteiger partial charge in [0.1, 0.15) is 6.04 Å². The lowest BCUT2D eigenvalue weighted by Gasteiger charge is -2.36. The van der Waals surface area contributed by atoms with Crippen LogP contribution in [0.1, 0.15) is 6.92 Å². The van der Waals surface area contributed by atoms with E-state index >= 15 is 0 Å². The van der Waals surface area contributed by atoms with Crippen LogP contribution in [0, 0.1) is 0 Å². The topological polar surface area (TPSA) is 57.7 Å². The summed E-state index contributed by atoms with van der Waals surface area (Å²) in [6, 6.07) is 5.27. The number of amides is 1. The van der Waals surface area contributed by atoms with E-state index < -0.39 is 16.1 Å². The SMILES string of the molecule is CC1C(=O)N(C)CCN1S(=O)(=O)c1ccc(Cl)cc1. The summed E-state index contributed by atoms with van der Waals surface area (Å²) in [5, 5.41) is 0.474. The van der Waals surface area contributed by atoms with Crippen molar-refractivity contribution < 1.29 is 13.2 Å².